The van der Waals surface area contributed by atoms with Gasteiger partial charge in [0, 0.05) is 6.07 Å². The van der Waals surface area contributed by atoms with Crippen LogP contribution in [0.25, 0.3) is 0 Å². The second-order valence-electron chi connectivity index (χ2n) is 3.49. The normalized spacial score (nSPS) is 18.6. The minimum atomic E-state index is -0.606. The standard InChI is InChI=1S/C11H10N2O3/c1-7-11(15)13(5-4-12)9-6-8(14)2-3-10(9)16-7/h2-3,6-7,14H,5H2,1H3. The van der Waals surface area contributed by atoms with Crippen molar-refractivity contribution in [1.82, 2.24) is 0 Å². The van der Waals surface area contributed by atoms with Gasteiger partial charge < -0.3 is 9.84 Å². The molecule has 1 atom stereocenters. The van der Waals surface area contributed by atoms with E-state index in [2.05, 4.69) is 0 Å². The molecule has 1 aliphatic rings. The summed E-state index contributed by atoms with van der Waals surface area (Å²) in [5, 5.41) is 18.0. The van der Waals surface area contributed by atoms with Crippen LogP contribution >= 0.6 is 0 Å². The second-order valence-corrected chi connectivity index (χ2v) is 3.49. The van der Waals surface area contributed by atoms with Crippen LogP contribution in [0.5, 0.6) is 11.5 Å². The number of hydrogen-bond acceptors (Lipinski definition) is 4. The highest BCUT2D eigenvalue weighted by Gasteiger charge is 2.31. The number of benzene rings is 1. The number of ether oxygens (including phenoxy) is 1. The van der Waals surface area contributed by atoms with Crippen LogP contribution in [0.3, 0.4) is 0 Å². The number of nitrogens with zero attached hydrogens (tertiary/aromatic N) is 2. The molecule has 1 aromatic carbocycles. The summed E-state index contributed by atoms with van der Waals surface area (Å²) in [6.07, 6.45) is -0.606. The molecular formula is C11H10N2O3. The number of phenols is 1. The Morgan fingerprint density at radius 3 is 3.06 bits per heavy atom. The van der Waals surface area contributed by atoms with E-state index in [4.69, 9.17) is 10.00 Å². The fourth-order valence-corrected chi connectivity index (χ4v) is 1.63. The number of amides is 1. The van der Waals surface area contributed by atoms with Gasteiger partial charge >= 0.3 is 0 Å². The van der Waals surface area contributed by atoms with Crippen molar-refractivity contribution >= 4 is 11.6 Å². The Hall–Kier alpha value is -2.22. The van der Waals surface area contributed by atoms with E-state index >= 15 is 0 Å². The van der Waals surface area contributed by atoms with E-state index in [0.717, 1.165) is 0 Å². The van der Waals surface area contributed by atoms with Crippen molar-refractivity contribution in [1.29, 1.82) is 5.26 Å². The third-order valence-electron chi connectivity index (χ3n) is 2.38. The minimum Gasteiger partial charge on any atom is -0.508 e. The van der Waals surface area contributed by atoms with Crippen LogP contribution in [0.15, 0.2) is 18.2 Å². The van der Waals surface area contributed by atoms with Gasteiger partial charge in [0.15, 0.2) is 6.10 Å². The Balaban J connectivity index is 2.50. The molecule has 5 nitrogen and oxygen atoms in total. The zero-order valence-corrected chi connectivity index (χ0v) is 8.67. The molecule has 16 heavy (non-hydrogen) atoms. The molecule has 1 N–H and O–H groups in total. The maximum Gasteiger partial charge on any atom is 0.268 e. The van der Waals surface area contributed by atoms with E-state index in [1.807, 2.05) is 6.07 Å². The molecule has 1 heterocycles. The number of hydrogen-bond donors (Lipinski definition) is 1. The summed E-state index contributed by atoms with van der Waals surface area (Å²) >= 11 is 0. The number of carbonyl (C=O) groups excluding carboxylic acids is 1. The maximum atomic E-state index is 11.8. The topological polar surface area (TPSA) is 73.6 Å². The van der Waals surface area contributed by atoms with E-state index in [9.17, 15) is 9.90 Å². The van der Waals surface area contributed by atoms with Crippen molar-refractivity contribution in [2.75, 3.05) is 11.4 Å². The van der Waals surface area contributed by atoms with E-state index in [1.165, 1.54) is 17.0 Å². The number of fused-ring (bicyclic) bond motifs is 1. The molecule has 0 radical (unpaired) electrons. The largest absolute Gasteiger partial charge is 0.508 e. The predicted octanol–water partition coefficient (Wildman–Crippen LogP) is 1.03. The zero-order chi connectivity index (χ0) is 11.7. The van der Waals surface area contributed by atoms with Crippen LogP contribution in [0.4, 0.5) is 5.69 Å². The highest BCUT2D eigenvalue weighted by atomic mass is 16.5. The first-order valence-corrected chi connectivity index (χ1v) is 4.81. The Labute approximate surface area is 92.5 Å². The van der Waals surface area contributed by atoms with E-state index in [-0.39, 0.29) is 18.2 Å². The predicted molar refractivity (Wildman–Crippen MR) is 56.2 cm³/mol. The van der Waals surface area contributed by atoms with Crippen LogP contribution in [-0.4, -0.2) is 23.7 Å². The third-order valence-corrected chi connectivity index (χ3v) is 2.38. The fraction of sp³-hybridized carbons (Fsp3) is 0.273. The smallest absolute Gasteiger partial charge is 0.268 e. The molecule has 0 fully saturated rings. The van der Waals surface area contributed by atoms with Crippen LogP contribution < -0.4 is 9.64 Å². The van der Waals surface area contributed by atoms with Gasteiger partial charge in [0.25, 0.3) is 5.91 Å². The number of anilines is 1. The maximum absolute atomic E-state index is 11.8. The van der Waals surface area contributed by atoms with Gasteiger partial charge in [-0.3, -0.25) is 9.69 Å². The second kappa shape index (κ2) is 3.74. The third kappa shape index (κ3) is 1.54. The average molecular weight is 218 g/mol. The van der Waals surface area contributed by atoms with Crippen LogP contribution in [-0.2, 0) is 4.79 Å². The summed E-state index contributed by atoms with van der Waals surface area (Å²) in [6, 6.07) is 6.39. The summed E-state index contributed by atoms with van der Waals surface area (Å²) in [6.45, 7) is 1.57. The molecular weight excluding hydrogens is 208 g/mol. The average Bonchev–Trinajstić information content (AvgIpc) is 2.26. The number of phenolic OH excluding ortho intramolecular Hbond substituents is 1. The van der Waals surface area contributed by atoms with E-state index in [1.54, 1.807) is 13.0 Å². The van der Waals surface area contributed by atoms with Gasteiger partial charge in [-0.1, -0.05) is 0 Å². The van der Waals surface area contributed by atoms with Crippen molar-refractivity contribution in [2.24, 2.45) is 0 Å². The number of rotatable bonds is 1. The Morgan fingerprint density at radius 2 is 2.38 bits per heavy atom. The van der Waals surface area contributed by atoms with Crippen LogP contribution in [0, 0.1) is 11.3 Å². The Kier molecular flexibility index (Phi) is 2.41. The molecule has 2 rings (SSSR count). The quantitative estimate of drug-likeness (QED) is 0.714. The van der Waals surface area contributed by atoms with E-state index < -0.39 is 6.10 Å². The molecule has 0 bridgehead atoms. The van der Waals surface area contributed by atoms with Crippen LogP contribution in [0.2, 0.25) is 0 Å². The van der Waals surface area contributed by atoms with E-state index in [0.29, 0.717) is 11.4 Å². The van der Waals surface area contributed by atoms with Gasteiger partial charge in [-0.05, 0) is 19.1 Å². The minimum absolute atomic E-state index is 0.0349. The summed E-state index contributed by atoms with van der Waals surface area (Å²) in [5.41, 5.74) is 0.435. The van der Waals surface area contributed by atoms with Crippen molar-refractivity contribution in [3.63, 3.8) is 0 Å². The molecule has 1 aromatic rings. The number of nitriles is 1. The first kappa shape index (κ1) is 10.3. The van der Waals surface area contributed by atoms with Crippen molar-refractivity contribution in [2.45, 2.75) is 13.0 Å². The number of carbonyl (C=O) groups is 1. The summed E-state index contributed by atoms with van der Waals surface area (Å²) < 4.78 is 5.36. The molecule has 0 aromatic heterocycles. The molecule has 0 saturated heterocycles. The number of aromatic hydroxyl groups is 1. The lowest BCUT2D eigenvalue weighted by atomic mass is 10.2. The van der Waals surface area contributed by atoms with Crippen molar-refractivity contribution in [3.8, 4) is 17.6 Å². The van der Waals surface area contributed by atoms with Gasteiger partial charge in [0.2, 0.25) is 0 Å². The molecule has 0 aliphatic carbocycles. The molecule has 82 valence electrons. The molecule has 1 aliphatic heterocycles. The lowest BCUT2D eigenvalue weighted by Crippen LogP contribution is -2.44. The van der Waals surface area contributed by atoms with Crippen molar-refractivity contribution < 1.29 is 14.6 Å². The lowest BCUT2D eigenvalue weighted by molar-refractivity contribution is -0.125. The first-order chi connectivity index (χ1) is 7.63. The van der Waals surface area contributed by atoms with Gasteiger partial charge in [0.1, 0.15) is 18.0 Å². The molecule has 5 heteroatoms. The molecule has 1 amide bonds. The monoisotopic (exact) mass is 218 g/mol. The SMILES string of the molecule is CC1Oc2ccc(O)cc2N(CC#N)C1=O. The Morgan fingerprint density at radius 1 is 1.62 bits per heavy atom. The zero-order valence-electron chi connectivity index (χ0n) is 8.67. The van der Waals surface area contributed by atoms with Gasteiger partial charge in [-0.25, -0.2) is 0 Å². The van der Waals surface area contributed by atoms with Gasteiger partial charge in [0.05, 0.1) is 11.8 Å². The molecule has 0 spiro atoms. The van der Waals surface area contributed by atoms with Crippen LogP contribution in [0.1, 0.15) is 6.92 Å². The summed E-state index contributed by atoms with van der Waals surface area (Å²) in [4.78, 5) is 13.1. The molecule has 1 unspecified atom stereocenters. The fourth-order valence-electron chi connectivity index (χ4n) is 1.63. The highest BCUT2D eigenvalue weighted by molar-refractivity contribution is 6.00. The molecule has 0 saturated carbocycles. The van der Waals surface area contributed by atoms with Gasteiger partial charge in [-0.2, -0.15) is 5.26 Å². The van der Waals surface area contributed by atoms with Crippen molar-refractivity contribution in [3.05, 3.63) is 18.2 Å². The first-order valence-electron chi connectivity index (χ1n) is 4.81. The summed E-state index contributed by atoms with van der Waals surface area (Å²) in [7, 11) is 0. The Bertz CT molecular complexity index is 479. The summed E-state index contributed by atoms with van der Waals surface area (Å²) in [5.74, 6) is 0.257. The lowest BCUT2D eigenvalue weighted by Gasteiger charge is -2.31. The van der Waals surface area contributed by atoms with Gasteiger partial charge in [-0.15, -0.1) is 0 Å². The highest BCUT2D eigenvalue weighted by Crippen LogP contribution is 2.36.